The normalized spacial score (nSPS) is 12.3. The third-order valence-electron chi connectivity index (χ3n) is 3.91. The maximum atomic E-state index is 12.8. The zero-order valence-corrected chi connectivity index (χ0v) is 15.0. The quantitative estimate of drug-likeness (QED) is 0.727. The lowest BCUT2D eigenvalue weighted by Crippen LogP contribution is -2.21. The molecule has 0 fully saturated rings. The fourth-order valence-electron chi connectivity index (χ4n) is 2.58. The molecule has 24 heavy (non-hydrogen) atoms. The summed E-state index contributed by atoms with van der Waals surface area (Å²) in [6.45, 7) is 6.51. The molecule has 0 atom stereocenters. The summed E-state index contributed by atoms with van der Waals surface area (Å²) in [6, 6.07) is 8.16. The van der Waals surface area contributed by atoms with E-state index in [1.165, 1.54) is 21.3 Å². The Morgan fingerprint density at radius 2 is 1.92 bits per heavy atom. The van der Waals surface area contributed by atoms with E-state index < -0.39 is 0 Å². The Bertz CT molecular complexity index is 975. The lowest BCUT2D eigenvalue weighted by atomic mass is 9.86. The second-order valence-corrected chi connectivity index (χ2v) is 7.51. The van der Waals surface area contributed by atoms with E-state index in [0.717, 1.165) is 5.56 Å². The first-order valence-corrected chi connectivity index (χ1v) is 8.53. The van der Waals surface area contributed by atoms with Crippen molar-refractivity contribution >= 4 is 28.3 Å². The van der Waals surface area contributed by atoms with Gasteiger partial charge in [0.05, 0.1) is 11.3 Å². The third kappa shape index (κ3) is 2.73. The molecular formula is C18H20N4OS. The number of aliphatic imine (C=N–C) groups is 1. The van der Waals surface area contributed by atoms with Gasteiger partial charge in [0.25, 0.3) is 5.56 Å². The lowest BCUT2D eigenvalue weighted by Gasteiger charge is -2.19. The monoisotopic (exact) mass is 340 g/mol. The number of benzene rings is 1. The first kappa shape index (κ1) is 16.4. The highest BCUT2D eigenvalue weighted by atomic mass is 32.1. The van der Waals surface area contributed by atoms with Crippen molar-refractivity contribution in [2.24, 2.45) is 4.99 Å². The second-order valence-electron chi connectivity index (χ2n) is 6.67. The molecule has 2 heterocycles. The average Bonchev–Trinajstić information content (AvgIpc) is 2.91. The first-order chi connectivity index (χ1) is 11.3. The highest BCUT2D eigenvalue weighted by Crippen LogP contribution is 2.27. The number of fused-ring (bicyclic) bond motifs is 1. The SMILES string of the molecule is C/N=C/c1c(-c2ccc(C(C)(C)C)cc2)nc2scc(N)n2c1=O. The molecule has 0 radical (unpaired) electrons. The van der Waals surface area contributed by atoms with Gasteiger partial charge in [-0.15, -0.1) is 11.3 Å². The summed E-state index contributed by atoms with van der Waals surface area (Å²) >= 11 is 1.35. The van der Waals surface area contributed by atoms with Crippen molar-refractivity contribution in [3.05, 3.63) is 51.1 Å². The second kappa shape index (κ2) is 5.87. The van der Waals surface area contributed by atoms with Crippen LogP contribution in [-0.2, 0) is 5.41 Å². The molecule has 3 aromatic rings. The van der Waals surface area contributed by atoms with Crippen LogP contribution in [0.5, 0.6) is 0 Å². The summed E-state index contributed by atoms with van der Waals surface area (Å²) in [4.78, 5) is 22.0. The van der Waals surface area contributed by atoms with Crippen LogP contribution in [0, 0.1) is 0 Å². The molecule has 2 N–H and O–H groups in total. The standard InChI is InChI=1S/C18H20N4OS/c1-18(2,3)12-7-5-11(6-8-12)15-13(9-20-4)16(23)22-14(19)10-24-17(22)21-15/h5-10H,19H2,1-4H3/b20-9+. The zero-order chi connectivity index (χ0) is 17.5. The Balaban J connectivity index is 2.25. The minimum absolute atomic E-state index is 0.0748. The summed E-state index contributed by atoms with van der Waals surface area (Å²) in [5, 5.41) is 1.73. The van der Waals surface area contributed by atoms with Gasteiger partial charge in [-0.2, -0.15) is 0 Å². The van der Waals surface area contributed by atoms with E-state index in [1.807, 2.05) is 12.1 Å². The highest BCUT2D eigenvalue weighted by Gasteiger charge is 2.17. The van der Waals surface area contributed by atoms with Crippen LogP contribution >= 0.6 is 11.3 Å². The lowest BCUT2D eigenvalue weighted by molar-refractivity contribution is 0.590. The molecule has 124 valence electrons. The molecule has 0 spiro atoms. The van der Waals surface area contributed by atoms with Crippen LogP contribution in [0.1, 0.15) is 31.9 Å². The van der Waals surface area contributed by atoms with Crippen LogP contribution in [0.3, 0.4) is 0 Å². The average molecular weight is 340 g/mol. The maximum Gasteiger partial charge on any atom is 0.269 e. The number of rotatable bonds is 2. The number of aromatic nitrogens is 2. The van der Waals surface area contributed by atoms with E-state index in [0.29, 0.717) is 22.0 Å². The minimum Gasteiger partial charge on any atom is -0.384 e. The van der Waals surface area contributed by atoms with Crippen LogP contribution in [0.4, 0.5) is 5.82 Å². The summed E-state index contributed by atoms with van der Waals surface area (Å²) in [5.41, 5.74) is 8.97. The van der Waals surface area contributed by atoms with Crippen molar-refractivity contribution in [3.8, 4) is 11.3 Å². The van der Waals surface area contributed by atoms with E-state index in [2.05, 4.69) is 42.9 Å². The van der Waals surface area contributed by atoms with Crippen molar-refractivity contribution in [1.29, 1.82) is 0 Å². The van der Waals surface area contributed by atoms with E-state index in [9.17, 15) is 4.79 Å². The molecule has 0 aliphatic rings. The Morgan fingerprint density at radius 1 is 1.25 bits per heavy atom. The summed E-state index contributed by atoms with van der Waals surface area (Å²) in [7, 11) is 1.64. The summed E-state index contributed by atoms with van der Waals surface area (Å²) < 4.78 is 1.43. The van der Waals surface area contributed by atoms with Crippen molar-refractivity contribution < 1.29 is 0 Å². The van der Waals surface area contributed by atoms with Gasteiger partial charge in [0, 0.05) is 24.2 Å². The van der Waals surface area contributed by atoms with E-state index in [1.54, 1.807) is 18.6 Å². The maximum absolute atomic E-state index is 12.8. The fraction of sp³-hybridized carbons (Fsp3) is 0.278. The molecule has 0 unspecified atom stereocenters. The molecule has 6 heteroatoms. The summed E-state index contributed by atoms with van der Waals surface area (Å²) in [5.74, 6) is 0.396. The van der Waals surface area contributed by atoms with Gasteiger partial charge in [0.2, 0.25) is 0 Å². The van der Waals surface area contributed by atoms with Gasteiger partial charge in [0.1, 0.15) is 5.82 Å². The molecule has 1 aromatic carbocycles. The smallest absolute Gasteiger partial charge is 0.269 e. The molecule has 0 saturated heterocycles. The van der Waals surface area contributed by atoms with Crippen LogP contribution < -0.4 is 11.3 Å². The predicted octanol–water partition coefficient (Wildman–Crippen LogP) is 3.35. The number of nitrogens with two attached hydrogens (primary N) is 1. The van der Waals surface area contributed by atoms with Gasteiger partial charge in [-0.25, -0.2) is 9.38 Å². The molecular weight excluding hydrogens is 320 g/mol. The van der Waals surface area contributed by atoms with Gasteiger partial charge in [-0.1, -0.05) is 45.0 Å². The molecule has 0 aliphatic carbocycles. The van der Waals surface area contributed by atoms with Crippen molar-refractivity contribution in [1.82, 2.24) is 9.38 Å². The van der Waals surface area contributed by atoms with Crippen molar-refractivity contribution in [3.63, 3.8) is 0 Å². The van der Waals surface area contributed by atoms with Gasteiger partial charge in [-0.3, -0.25) is 9.79 Å². The minimum atomic E-state index is -0.195. The fourth-order valence-corrected chi connectivity index (χ4v) is 3.35. The van der Waals surface area contributed by atoms with Gasteiger partial charge >= 0.3 is 0 Å². The molecule has 2 aromatic heterocycles. The molecule has 0 saturated carbocycles. The number of anilines is 1. The van der Waals surface area contributed by atoms with Gasteiger partial charge in [-0.05, 0) is 11.0 Å². The molecule has 0 bridgehead atoms. The van der Waals surface area contributed by atoms with Gasteiger partial charge < -0.3 is 5.73 Å². The van der Waals surface area contributed by atoms with Crippen molar-refractivity contribution in [2.45, 2.75) is 26.2 Å². The largest absolute Gasteiger partial charge is 0.384 e. The summed E-state index contributed by atoms with van der Waals surface area (Å²) in [6.07, 6.45) is 1.55. The zero-order valence-electron chi connectivity index (χ0n) is 14.2. The Labute approximate surface area is 144 Å². The van der Waals surface area contributed by atoms with Crippen LogP contribution in [0.15, 0.2) is 39.4 Å². The Kier molecular flexibility index (Phi) is 4.01. The van der Waals surface area contributed by atoms with Crippen LogP contribution in [0.2, 0.25) is 0 Å². The van der Waals surface area contributed by atoms with E-state index >= 15 is 0 Å². The third-order valence-corrected chi connectivity index (χ3v) is 4.76. The topological polar surface area (TPSA) is 72.8 Å². The van der Waals surface area contributed by atoms with Crippen LogP contribution in [0.25, 0.3) is 16.2 Å². The predicted molar refractivity (Wildman–Crippen MR) is 101 cm³/mol. The number of nitrogen functional groups attached to an aromatic ring is 1. The number of thiazole rings is 1. The number of nitrogens with zero attached hydrogens (tertiary/aromatic N) is 3. The van der Waals surface area contributed by atoms with Crippen LogP contribution in [-0.4, -0.2) is 22.6 Å². The molecule has 0 aliphatic heterocycles. The van der Waals surface area contributed by atoms with E-state index in [4.69, 9.17) is 5.73 Å². The first-order valence-electron chi connectivity index (χ1n) is 7.65. The van der Waals surface area contributed by atoms with Crippen molar-refractivity contribution in [2.75, 3.05) is 12.8 Å². The Hall–Kier alpha value is -2.47. The van der Waals surface area contributed by atoms with E-state index in [-0.39, 0.29) is 11.0 Å². The number of hydrogen-bond acceptors (Lipinski definition) is 5. The molecule has 3 rings (SSSR count). The number of hydrogen-bond donors (Lipinski definition) is 1. The Morgan fingerprint density at radius 3 is 2.50 bits per heavy atom. The highest BCUT2D eigenvalue weighted by molar-refractivity contribution is 7.15. The molecule has 0 amide bonds. The molecule has 5 nitrogen and oxygen atoms in total. The van der Waals surface area contributed by atoms with Gasteiger partial charge in [0.15, 0.2) is 4.96 Å².